The molecule has 1 fully saturated rings. The molecule has 1 aromatic heterocycles. The minimum absolute atomic E-state index is 0.0647. The molecule has 0 bridgehead atoms. The number of carbonyl (C=O) groups excluding carboxylic acids is 2. The van der Waals surface area contributed by atoms with Crippen LogP contribution >= 0.6 is 0 Å². The standard InChI is InChI=1S/C23H33N5O6/c1-7-15-10-17(28-12-24-18-20(25-13(4)5)26-14(6)27-21(18)28)34-16(15)11-33-19(22(29)31-8-2)23(30)32-9-3/h1,13,15-17,19,24H,8-12H2,2-6H3,(H,25,26,27). The van der Waals surface area contributed by atoms with Gasteiger partial charge in [-0.15, -0.1) is 12.3 Å². The molecule has 0 amide bonds. The number of anilines is 3. The van der Waals surface area contributed by atoms with Gasteiger partial charge in [-0.25, -0.2) is 19.6 Å². The second-order valence-electron chi connectivity index (χ2n) is 8.28. The maximum atomic E-state index is 12.2. The summed E-state index contributed by atoms with van der Waals surface area (Å²) in [7, 11) is 0. The van der Waals surface area contributed by atoms with Crippen LogP contribution in [-0.2, 0) is 28.5 Å². The third-order valence-corrected chi connectivity index (χ3v) is 5.35. The van der Waals surface area contributed by atoms with Crippen molar-refractivity contribution in [2.45, 2.75) is 65.5 Å². The Morgan fingerprint density at radius 3 is 2.53 bits per heavy atom. The van der Waals surface area contributed by atoms with Gasteiger partial charge in [-0.3, -0.25) is 0 Å². The van der Waals surface area contributed by atoms with Crippen molar-refractivity contribution in [3.05, 3.63) is 5.82 Å². The lowest BCUT2D eigenvalue weighted by molar-refractivity contribution is -0.175. The van der Waals surface area contributed by atoms with Crippen molar-refractivity contribution in [1.29, 1.82) is 0 Å². The number of ether oxygens (including phenoxy) is 4. The van der Waals surface area contributed by atoms with Crippen molar-refractivity contribution in [3.8, 4) is 12.3 Å². The summed E-state index contributed by atoms with van der Waals surface area (Å²) in [6.45, 7) is 9.85. The lowest BCUT2D eigenvalue weighted by atomic mass is 10.0. The molecule has 0 aromatic carbocycles. The predicted octanol–water partition coefficient (Wildman–Crippen LogP) is 1.67. The van der Waals surface area contributed by atoms with Gasteiger partial charge in [-0.1, -0.05) is 0 Å². The molecular formula is C23H33N5O6. The minimum atomic E-state index is -1.49. The van der Waals surface area contributed by atoms with Crippen LogP contribution in [0.1, 0.15) is 39.9 Å². The van der Waals surface area contributed by atoms with Crippen LogP contribution in [0.4, 0.5) is 17.3 Å². The number of hydrogen-bond donors (Lipinski definition) is 2. The van der Waals surface area contributed by atoms with E-state index in [0.717, 1.165) is 17.3 Å². The van der Waals surface area contributed by atoms with Gasteiger partial charge in [0.25, 0.3) is 6.10 Å². The molecule has 11 heteroatoms. The van der Waals surface area contributed by atoms with Gasteiger partial charge < -0.3 is 34.5 Å². The molecule has 2 aliphatic rings. The molecule has 2 N–H and O–H groups in total. The summed E-state index contributed by atoms with van der Waals surface area (Å²) in [5.74, 6) is 2.95. The molecule has 2 aliphatic heterocycles. The van der Waals surface area contributed by atoms with Crippen molar-refractivity contribution >= 4 is 29.3 Å². The fourth-order valence-electron chi connectivity index (χ4n) is 3.90. The molecule has 186 valence electrons. The third-order valence-electron chi connectivity index (χ3n) is 5.35. The van der Waals surface area contributed by atoms with Crippen molar-refractivity contribution in [3.63, 3.8) is 0 Å². The average molecular weight is 476 g/mol. The average Bonchev–Trinajstić information content (AvgIpc) is 3.37. The monoisotopic (exact) mass is 475 g/mol. The fourth-order valence-corrected chi connectivity index (χ4v) is 3.90. The molecule has 0 aliphatic carbocycles. The van der Waals surface area contributed by atoms with E-state index in [9.17, 15) is 9.59 Å². The van der Waals surface area contributed by atoms with E-state index in [1.807, 2.05) is 25.7 Å². The second-order valence-corrected chi connectivity index (χ2v) is 8.28. The van der Waals surface area contributed by atoms with Gasteiger partial charge >= 0.3 is 11.9 Å². The van der Waals surface area contributed by atoms with E-state index < -0.39 is 24.1 Å². The molecule has 11 nitrogen and oxygen atoms in total. The Balaban J connectivity index is 1.72. The molecule has 0 radical (unpaired) electrons. The summed E-state index contributed by atoms with van der Waals surface area (Å²) in [4.78, 5) is 35.5. The van der Waals surface area contributed by atoms with Gasteiger partial charge in [0.1, 0.15) is 17.7 Å². The molecule has 0 spiro atoms. The number of hydrogen-bond acceptors (Lipinski definition) is 11. The van der Waals surface area contributed by atoms with Crippen LogP contribution in [0, 0.1) is 25.2 Å². The van der Waals surface area contributed by atoms with Crippen molar-refractivity contribution < 1.29 is 28.5 Å². The lowest BCUT2D eigenvalue weighted by Gasteiger charge is -2.25. The van der Waals surface area contributed by atoms with Crippen LogP contribution in [0.3, 0.4) is 0 Å². The highest BCUT2D eigenvalue weighted by Gasteiger charge is 2.42. The predicted molar refractivity (Wildman–Crippen MR) is 125 cm³/mol. The Hall–Kier alpha value is -3.10. The van der Waals surface area contributed by atoms with Crippen molar-refractivity contribution in [2.24, 2.45) is 5.92 Å². The lowest BCUT2D eigenvalue weighted by Crippen LogP contribution is -2.39. The topological polar surface area (TPSA) is 124 Å². The number of esters is 2. The van der Waals surface area contributed by atoms with Gasteiger partial charge in [0.2, 0.25) is 0 Å². The largest absolute Gasteiger partial charge is 0.464 e. The van der Waals surface area contributed by atoms with Gasteiger partial charge in [-0.2, -0.15) is 0 Å². The fraction of sp³-hybridized carbons (Fsp3) is 0.652. The number of aryl methyl sites for hydroxylation is 1. The summed E-state index contributed by atoms with van der Waals surface area (Å²) in [6.07, 6.45) is 3.91. The zero-order valence-corrected chi connectivity index (χ0v) is 20.3. The van der Waals surface area contributed by atoms with E-state index in [2.05, 4.69) is 26.5 Å². The molecule has 0 saturated carbocycles. The smallest absolute Gasteiger partial charge is 0.347 e. The number of carbonyl (C=O) groups is 2. The Morgan fingerprint density at radius 2 is 1.94 bits per heavy atom. The molecule has 3 atom stereocenters. The maximum Gasteiger partial charge on any atom is 0.347 e. The molecule has 34 heavy (non-hydrogen) atoms. The van der Waals surface area contributed by atoms with Crippen LogP contribution < -0.4 is 15.5 Å². The maximum absolute atomic E-state index is 12.2. The molecule has 3 heterocycles. The van der Waals surface area contributed by atoms with E-state index >= 15 is 0 Å². The zero-order chi connectivity index (χ0) is 24.8. The SMILES string of the molecule is C#CC1CC(N2CNc3c(NC(C)C)nc(C)nc32)OC1COC(C(=O)OCC)C(=O)OCC. The summed E-state index contributed by atoms with van der Waals surface area (Å²) in [5, 5.41) is 6.68. The van der Waals surface area contributed by atoms with E-state index in [4.69, 9.17) is 25.4 Å². The van der Waals surface area contributed by atoms with E-state index in [1.165, 1.54) is 0 Å². The highest BCUT2D eigenvalue weighted by atomic mass is 16.6. The second kappa shape index (κ2) is 11.4. The van der Waals surface area contributed by atoms with Crippen LogP contribution in [0.2, 0.25) is 0 Å². The summed E-state index contributed by atoms with van der Waals surface area (Å²) >= 11 is 0. The van der Waals surface area contributed by atoms with Crippen molar-refractivity contribution in [1.82, 2.24) is 9.97 Å². The summed E-state index contributed by atoms with van der Waals surface area (Å²) in [6, 6.07) is 0.205. The molecule has 1 aromatic rings. The molecule has 1 saturated heterocycles. The van der Waals surface area contributed by atoms with Crippen LogP contribution in [0.5, 0.6) is 0 Å². The number of terminal acetylenes is 1. The van der Waals surface area contributed by atoms with Gasteiger partial charge in [-0.05, 0) is 34.6 Å². The highest BCUT2D eigenvalue weighted by molar-refractivity contribution is 5.98. The molecule has 3 unspecified atom stereocenters. The first kappa shape index (κ1) is 25.5. The Kier molecular flexibility index (Phi) is 8.52. The van der Waals surface area contributed by atoms with Crippen LogP contribution in [0.15, 0.2) is 0 Å². The first-order valence-corrected chi connectivity index (χ1v) is 11.5. The summed E-state index contributed by atoms with van der Waals surface area (Å²) in [5.41, 5.74) is 0.810. The first-order chi connectivity index (χ1) is 16.3. The number of fused-ring (bicyclic) bond motifs is 1. The first-order valence-electron chi connectivity index (χ1n) is 11.5. The molecular weight excluding hydrogens is 442 g/mol. The van der Waals surface area contributed by atoms with Gasteiger partial charge in [0, 0.05) is 12.5 Å². The normalized spacial score (nSPS) is 21.2. The quantitative estimate of drug-likeness (QED) is 0.292. The van der Waals surface area contributed by atoms with E-state index in [1.54, 1.807) is 13.8 Å². The number of nitrogens with zero attached hydrogens (tertiary/aromatic N) is 3. The number of nitrogens with one attached hydrogen (secondary N) is 2. The Bertz CT molecular complexity index is 915. The molecule has 3 rings (SSSR count). The van der Waals surface area contributed by atoms with Gasteiger partial charge in [0.15, 0.2) is 11.6 Å². The Morgan fingerprint density at radius 1 is 1.26 bits per heavy atom. The zero-order valence-electron chi connectivity index (χ0n) is 20.3. The highest BCUT2D eigenvalue weighted by Crippen LogP contribution is 2.40. The van der Waals surface area contributed by atoms with E-state index in [0.29, 0.717) is 18.9 Å². The number of rotatable bonds is 10. The minimum Gasteiger partial charge on any atom is -0.464 e. The van der Waals surface area contributed by atoms with Crippen molar-refractivity contribution in [2.75, 3.05) is 42.0 Å². The van der Waals surface area contributed by atoms with Gasteiger partial charge in [0.05, 0.1) is 38.5 Å². The van der Waals surface area contributed by atoms with Crippen LogP contribution in [0.25, 0.3) is 0 Å². The third kappa shape index (κ3) is 5.69. The van der Waals surface area contributed by atoms with E-state index in [-0.39, 0.29) is 38.0 Å². The van der Waals surface area contributed by atoms with Crippen LogP contribution in [-0.4, -0.2) is 72.9 Å². The Labute approximate surface area is 199 Å². The number of aromatic nitrogens is 2. The summed E-state index contributed by atoms with van der Waals surface area (Å²) < 4.78 is 21.7.